The van der Waals surface area contributed by atoms with Crippen molar-refractivity contribution in [1.29, 1.82) is 0 Å². The van der Waals surface area contributed by atoms with Crippen molar-refractivity contribution < 1.29 is 14.3 Å². The van der Waals surface area contributed by atoms with Gasteiger partial charge in [-0.3, -0.25) is 4.79 Å². The number of amides is 1. The van der Waals surface area contributed by atoms with Crippen LogP contribution in [0, 0.1) is 0 Å². The van der Waals surface area contributed by atoms with Crippen molar-refractivity contribution in [2.75, 3.05) is 26.8 Å². The standard InChI is InChI=1S/C16H26N2O3/c1-5-18(6-2)16(19)11-21-15-8-7-14(20-4)10-13(15)9-12(3)17/h7-8,10,12H,5-6,9,11,17H2,1-4H3. The van der Waals surface area contributed by atoms with Crippen LogP contribution in [0.1, 0.15) is 26.3 Å². The summed E-state index contributed by atoms with van der Waals surface area (Å²) in [5.74, 6) is 1.43. The zero-order valence-corrected chi connectivity index (χ0v) is 13.4. The zero-order valence-electron chi connectivity index (χ0n) is 13.4. The van der Waals surface area contributed by atoms with Crippen molar-refractivity contribution in [3.8, 4) is 11.5 Å². The lowest BCUT2D eigenvalue weighted by Gasteiger charge is -2.20. The number of carbonyl (C=O) groups is 1. The molecule has 1 amide bonds. The second-order valence-electron chi connectivity index (χ2n) is 5.01. The van der Waals surface area contributed by atoms with Crippen LogP contribution in [0.3, 0.4) is 0 Å². The molecule has 5 nitrogen and oxygen atoms in total. The number of likely N-dealkylation sites (N-methyl/N-ethyl adjacent to an activating group) is 1. The van der Waals surface area contributed by atoms with Crippen molar-refractivity contribution in [3.05, 3.63) is 23.8 Å². The normalized spacial score (nSPS) is 11.9. The summed E-state index contributed by atoms with van der Waals surface area (Å²) in [4.78, 5) is 13.7. The first-order valence-electron chi connectivity index (χ1n) is 7.34. The van der Waals surface area contributed by atoms with Gasteiger partial charge in [-0.1, -0.05) is 0 Å². The first-order chi connectivity index (χ1) is 10.0. The molecule has 0 fully saturated rings. The van der Waals surface area contributed by atoms with Gasteiger partial charge in [0.25, 0.3) is 5.91 Å². The number of rotatable bonds is 8. The van der Waals surface area contributed by atoms with Crippen LogP contribution in [0.25, 0.3) is 0 Å². The molecular formula is C16H26N2O3. The molecule has 0 saturated carbocycles. The Kier molecular flexibility index (Phi) is 7.02. The number of nitrogens with zero attached hydrogens (tertiary/aromatic N) is 1. The van der Waals surface area contributed by atoms with Gasteiger partial charge < -0.3 is 20.1 Å². The largest absolute Gasteiger partial charge is 0.497 e. The number of nitrogens with two attached hydrogens (primary N) is 1. The molecule has 0 heterocycles. The van der Waals surface area contributed by atoms with Crippen molar-refractivity contribution in [3.63, 3.8) is 0 Å². The molecule has 21 heavy (non-hydrogen) atoms. The molecular weight excluding hydrogens is 268 g/mol. The highest BCUT2D eigenvalue weighted by Gasteiger charge is 2.13. The summed E-state index contributed by atoms with van der Waals surface area (Å²) in [6.45, 7) is 7.26. The third-order valence-corrected chi connectivity index (χ3v) is 3.28. The Labute approximate surface area is 127 Å². The van der Waals surface area contributed by atoms with Crippen LogP contribution in [0.15, 0.2) is 18.2 Å². The molecule has 0 spiro atoms. The SMILES string of the molecule is CCN(CC)C(=O)COc1ccc(OC)cc1CC(C)N. The topological polar surface area (TPSA) is 64.8 Å². The van der Waals surface area contributed by atoms with Gasteiger partial charge in [-0.05, 0) is 51.0 Å². The summed E-state index contributed by atoms with van der Waals surface area (Å²) >= 11 is 0. The number of benzene rings is 1. The van der Waals surface area contributed by atoms with Gasteiger partial charge in [0, 0.05) is 19.1 Å². The molecule has 0 aromatic heterocycles. The molecule has 1 atom stereocenters. The predicted molar refractivity (Wildman–Crippen MR) is 83.8 cm³/mol. The van der Waals surface area contributed by atoms with Crippen LogP contribution < -0.4 is 15.2 Å². The molecule has 0 aliphatic carbocycles. The highest BCUT2D eigenvalue weighted by molar-refractivity contribution is 5.77. The van der Waals surface area contributed by atoms with E-state index in [1.54, 1.807) is 12.0 Å². The van der Waals surface area contributed by atoms with E-state index in [9.17, 15) is 4.79 Å². The Morgan fingerprint density at radius 1 is 1.33 bits per heavy atom. The van der Waals surface area contributed by atoms with Gasteiger partial charge in [0.15, 0.2) is 6.61 Å². The molecule has 1 unspecified atom stereocenters. The number of carbonyl (C=O) groups excluding carboxylic acids is 1. The fourth-order valence-corrected chi connectivity index (χ4v) is 2.14. The highest BCUT2D eigenvalue weighted by atomic mass is 16.5. The van der Waals surface area contributed by atoms with E-state index in [0.29, 0.717) is 25.3 Å². The average Bonchev–Trinajstić information content (AvgIpc) is 2.46. The van der Waals surface area contributed by atoms with Gasteiger partial charge in [0.05, 0.1) is 7.11 Å². The fraction of sp³-hybridized carbons (Fsp3) is 0.562. The number of ether oxygens (including phenoxy) is 2. The van der Waals surface area contributed by atoms with E-state index in [2.05, 4.69) is 0 Å². The summed E-state index contributed by atoms with van der Waals surface area (Å²) in [6.07, 6.45) is 0.673. The van der Waals surface area contributed by atoms with E-state index in [4.69, 9.17) is 15.2 Å². The third-order valence-electron chi connectivity index (χ3n) is 3.28. The van der Waals surface area contributed by atoms with Gasteiger partial charge in [-0.2, -0.15) is 0 Å². The Morgan fingerprint density at radius 3 is 2.52 bits per heavy atom. The quantitative estimate of drug-likeness (QED) is 0.794. The van der Waals surface area contributed by atoms with E-state index < -0.39 is 0 Å². The third kappa shape index (κ3) is 5.27. The van der Waals surface area contributed by atoms with Crippen molar-refractivity contribution in [2.24, 2.45) is 5.73 Å². The van der Waals surface area contributed by atoms with Gasteiger partial charge in [0.2, 0.25) is 0 Å². The van der Waals surface area contributed by atoms with Crippen LogP contribution in [0.4, 0.5) is 0 Å². The molecule has 1 rings (SSSR count). The van der Waals surface area contributed by atoms with Crippen molar-refractivity contribution in [2.45, 2.75) is 33.2 Å². The lowest BCUT2D eigenvalue weighted by Crippen LogP contribution is -2.34. The molecule has 118 valence electrons. The number of hydrogen-bond acceptors (Lipinski definition) is 4. The molecule has 2 N–H and O–H groups in total. The minimum absolute atomic E-state index is 0.0115. The summed E-state index contributed by atoms with van der Waals surface area (Å²) in [6, 6.07) is 5.56. The molecule has 0 aliphatic heterocycles. The van der Waals surface area contributed by atoms with Gasteiger partial charge in [-0.15, -0.1) is 0 Å². The second-order valence-corrected chi connectivity index (χ2v) is 5.01. The van der Waals surface area contributed by atoms with Gasteiger partial charge in [0.1, 0.15) is 11.5 Å². The maximum absolute atomic E-state index is 12.0. The molecule has 0 saturated heterocycles. The average molecular weight is 294 g/mol. The Hall–Kier alpha value is -1.75. The molecule has 1 aromatic rings. The second kappa shape index (κ2) is 8.52. The lowest BCUT2D eigenvalue weighted by molar-refractivity contribution is -0.132. The highest BCUT2D eigenvalue weighted by Crippen LogP contribution is 2.25. The van der Waals surface area contributed by atoms with E-state index >= 15 is 0 Å². The summed E-state index contributed by atoms with van der Waals surface area (Å²) in [5, 5.41) is 0. The molecule has 1 aromatic carbocycles. The maximum atomic E-state index is 12.0. The van der Waals surface area contributed by atoms with Gasteiger partial charge >= 0.3 is 0 Å². The Bertz CT molecular complexity index is 457. The van der Waals surface area contributed by atoms with Crippen LogP contribution >= 0.6 is 0 Å². The Balaban J connectivity index is 2.79. The number of hydrogen-bond donors (Lipinski definition) is 1. The first-order valence-corrected chi connectivity index (χ1v) is 7.34. The molecule has 0 radical (unpaired) electrons. The van der Waals surface area contributed by atoms with Gasteiger partial charge in [-0.25, -0.2) is 0 Å². The summed E-state index contributed by atoms with van der Waals surface area (Å²) in [7, 11) is 1.62. The van der Waals surface area contributed by atoms with E-state index in [-0.39, 0.29) is 18.6 Å². The molecule has 0 bridgehead atoms. The predicted octanol–water partition coefficient (Wildman–Crippen LogP) is 1.83. The smallest absolute Gasteiger partial charge is 0.260 e. The van der Waals surface area contributed by atoms with Crippen LogP contribution in [-0.2, 0) is 11.2 Å². The van der Waals surface area contributed by atoms with E-state index in [0.717, 1.165) is 11.3 Å². The molecule has 0 aliphatic rings. The lowest BCUT2D eigenvalue weighted by atomic mass is 10.1. The molecule has 5 heteroatoms. The van der Waals surface area contributed by atoms with Crippen LogP contribution in [0.5, 0.6) is 11.5 Å². The summed E-state index contributed by atoms with van der Waals surface area (Å²) < 4.78 is 10.9. The monoisotopic (exact) mass is 294 g/mol. The maximum Gasteiger partial charge on any atom is 0.260 e. The first kappa shape index (κ1) is 17.3. The number of methoxy groups -OCH3 is 1. The minimum atomic E-state index is -0.0115. The van der Waals surface area contributed by atoms with Crippen molar-refractivity contribution in [1.82, 2.24) is 4.90 Å². The Morgan fingerprint density at radius 2 is 2.00 bits per heavy atom. The van der Waals surface area contributed by atoms with Crippen molar-refractivity contribution >= 4 is 5.91 Å². The zero-order chi connectivity index (χ0) is 15.8. The fourth-order valence-electron chi connectivity index (χ4n) is 2.14. The van der Waals surface area contributed by atoms with E-state index in [1.165, 1.54) is 0 Å². The van der Waals surface area contributed by atoms with Crippen LogP contribution in [-0.4, -0.2) is 43.7 Å². The van der Waals surface area contributed by atoms with E-state index in [1.807, 2.05) is 39.0 Å². The summed E-state index contributed by atoms with van der Waals surface area (Å²) in [5.41, 5.74) is 6.82. The van der Waals surface area contributed by atoms with Crippen LogP contribution in [0.2, 0.25) is 0 Å². The minimum Gasteiger partial charge on any atom is -0.497 e.